The molecular weight excluding hydrogens is 200 g/mol. The fourth-order valence-corrected chi connectivity index (χ4v) is 1.17. The topological polar surface area (TPSA) is 38.7 Å². The Kier molecular flexibility index (Phi) is 5.95. The van der Waals surface area contributed by atoms with Crippen LogP contribution in [0.15, 0.2) is 17.0 Å². The van der Waals surface area contributed by atoms with E-state index in [-0.39, 0.29) is 5.75 Å². The van der Waals surface area contributed by atoms with Crippen molar-refractivity contribution in [2.45, 2.75) is 18.7 Å². The summed E-state index contributed by atoms with van der Waals surface area (Å²) in [7, 11) is 2.97. The molecule has 0 aliphatic carbocycles. The van der Waals surface area contributed by atoms with Gasteiger partial charge in [-0.05, 0) is 12.1 Å². The zero-order valence-corrected chi connectivity index (χ0v) is 9.76. The monoisotopic (exact) mass is 216 g/mol. The van der Waals surface area contributed by atoms with E-state index in [1.54, 1.807) is 6.07 Å². The van der Waals surface area contributed by atoms with E-state index in [4.69, 9.17) is 9.47 Å². The van der Waals surface area contributed by atoms with E-state index in [0.29, 0.717) is 16.4 Å². The van der Waals surface area contributed by atoms with Gasteiger partial charge in [0.2, 0.25) is 5.75 Å². The van der Waals surface area contributed by atoms with Gasteiger partial charge in [-0.25, -0.2) is 0 Å². The van der Waals surface area contributed by atoms with Gasteiger partial charge in [0.05, 0.1) is 14.2 Å². The third kappa shape index (κ3) is 3.03. The van der Waals surface area contributed by atoms with Gasteiger partial charge in [0.1, 0.15) is 0 Å². The molecule has 0 saturated heterocycles. The van der Waals surface area contributed by atoms with Crippen molar-refractivity contribution in [2.75, 3.05) is 14.2 Å². The Morgan fingerprint density at radius 1 is 1.14 bits per heavy atom. The van der Waals surface area contributed by atoms with Crippen LogP contribution in [0.4, 0.5) is 0 Å². The quantitative estimate of drug-likeness (QED) is 0.747. The van der Waals surface area contributed by atoms with Crippen LogP contribution in [0, 0.1) is 0 Å². The van der Waals surface area contributed by atoms with Gasteiger partial charge in [0.15, 0.2) is 11.5 Å². The molecule has 1 N–H and O–H groups in total. The summed E-state index contributed by atoms with van der Waals surface area (Å²) in [4.78, 5) is 0.630. The molecule has 0 amide bonds. The number of hydrogen-bond acceptors (Lipinski definition) is 4. The SMILES string of the molecule is CC.COc1cc(S)cc(O)c1OC. The average molecular weight is 216 g/mol. The number of ether oxygens (including phenoxy) is 2. The van der Waals surface area contributed by atoms with Crippen molar-refractivity contribution in [2.24, 2.45) is 0 Å². The van der Waals surface area contributed by atoms with Crippen LogP contribution >= 0.6 is 12.6 Å². The highest BCUT2D eigenvalue weighted by atomic mass is 32.1. The van der Waals surface area contributed by atoms with Crippen molar-refractivity contribution in [3.63, 3.8) is 0 Å². The molecule has 0 aliphatic heterocycles. The van der Waals surface area contributed by atoms with E-state index in [1.807, 2.05) is 13.8 Å². The Balaban J connectivity index is 0.000000791. The van der Waals surface area contributed by atoms with Crippen LogP contribution in [0.2, 0.25) is 0 Å². The highest BCUT2D eigenvalue weighted by Crippen LogP contribution is 2.38. The molecule has 14 heavy (non-hydrogen) atoms. The van der Waals surface area contributed by atoms with Crippen LogP contribution in [0.5, 0.6) is 17.2 Å². The van der Waals surface area contributed by atoms with Gasteiger partial charge in [0, 0.05) is 4.90 Å². The molecule has 0 saturated carbocycles. The summed E-state index contributed by atoms with van der Waals surface area (Å²) in [6.45, 7) is 4.00. The lowest BCUT2D eigenvalue weighted by molar-refractivity contribution is 0.332. The van der Waals surface area contributed by atoms with Crippen LogP contribution in [0.3, 0.4) is 0 Å². The number of hydrogen-bond donors (Lipinski definition) is 2. The number of phenols is 1. The molecule has 0 aromatic heterocycles. The minimum Gasteiger partial charge on any atom is -0.504 e. The third-order valence-corrected chi connectivity index (χ3v) is 1.70. The molecule has 80 valence electrons. The van der Waals surface area contributed by atoms with Crippen molar-refractivity contribution in [3.05, 3.63) is 12.1 Å². The number of phenolic OH excluding ortho intramolecular Hbond substituents is 1. The minimum atomic E-state index is 0.0295. The Labute approximate surface area is 90.1 Å². The summed E-state index contributed by atoms with van der Waals surface area (Å²) in [5.74, 6) is 0.833. The van der Waals surface area contributed by atoms with Crippen molar-refractivity contribution >= 4 is 12.6 Å². The van der Waals surface area contributed by atoms with Gasteiger partial charge in [0.25, 0.3) is 0 Å². The zero-order chi connectivity index (χ0) is 11.1. The summed E-state index contributed by atoms with van der Waals surface area (Å²) >= 11 is 4.07. The summed E-state index contributed by atoms with van der Waals surface area (Å²) in [6.07, 6.45) is 0. The second kappa shape index (κ2) is 6.43. The zero-order valence-electron chi connectivity index (χ0n) is 8.87. The minimum absolute atomic E-state index is 0.0295. The van der Waals surface area contributed by atoms with Crippen molar-refractivity contribution < 1.29 is 14.6 Å². The molecule has 4 heteroatoms. The number of methoxy groups -OCH3 is 2. The number of rotatable bonds is 2. The van der Waals surface area contributed by atoms with Gasteiger partial charge in [-0.1, -0.05) is 13.8 Å². The Hall–Kier alpha value is -1.03. The molecule has 1 rings (SSSR count). The van der Waals surface area contributed by atoms with Crippen molar-refractivity contribution in [1.29, 1.82) is 0 Å². The van der Waals surface area contributed by atoms with E-state index >= 15 is 0 Å². The van der Waals surface area contributed by atoms with Crippen LogP contribution in [0.1, 0.15) is 13.8 Å². The lowest BCUT2D eigenvalue weighted by Crippen LogP contribution is -1.90. The predicted octanol–water partition coefficient (Wildman–Crippen LogP) is 2.72. The normalized spacial score (nSPS) is 8.64. The first-order valence-electron chi connectivity index (χ1n) is 4.33. The van der Waals surface area contributed by atoms with Gasteiger partial charge in [-0.2, -0.15) is 0 Å². The number of benzene rings is 1. The fraction of sp³-hybridized carbons (Fsp3) is 0.400. The molecule has 1 aromatic rings. The van der Waals surface area contributed by atoms with Gasteiger partial charge < -0.3 is 14.6 Å². The molecule has 0 radical (unpaired) electrons. The molecule has 0 heterocycles. The second-order valence-electron chi connectivity index (χ2n) is 2.20. The fourth-order valence-electron chi connectivity index (χ4n) is 0.930. The Morgan fingerprint density at radius 2 is 1.71 bits per heavy atom. The molecule has 3 nitrogen and oxygen atoms in total. The summed E-state index contributed by atoms with van der Waals surface area (Å²) in [6, 6.07) is 3.16. The maximum atomic E-state index is 9.35. The lowest BCUT2D eigenvalue weighted by Gasteiger charge is -2.09. The van der Waals surface area contributed by atoms with Gasteiger partial charge in [-0.15, -0.1) is 12.6 Å². The Morgan fingerprint density at radius 3 is 2.14 bits per heavy atom. The first-order chi connectivity index (χ1) is 6.69. The van der Waals surface area contributed by atoms with Crippen molar-refractivity contribution in [3.8, 4) is 17.2 Å². The molecule has 0 bridgehead atoms. The van der Waals surface area contributed by atoms with Gasteiger partial charge >= 0.3 is 0 Å². The van der Waals surface area contributed by atoms with Crippen LogP contribution < -0.4 is 9.47 Å². The van der Waals surface area contributed by atoms with Crippen LogP contribution in [-0.2, 0) is 0 Å². The molecule has 1 aromatic carbocycles. The second-order valence-corrected chi connectivity index (χ2v) is 2.72. The first kappa shape index (κ1) is 13.0. The first-order valence-corrected chi connectivity index (χ1v) is 4.77. The lowest BCUT2D eigenvalue weighted by atomic mass is 10.3. The number of thiol groups is 1. The highest BCUT2D eigenvalue weighted by molar-refractivity contribution is 7.80. The largest absolute Gasteiger partial charge is 0.504 e. The van der Waals surface area contributed by atoms with Gasteiger partial charge in [-0.3, -0.25) is 0 Å². The van der Waals surface area contributed by atoms with Crippen molar-refractivity contribution in [1.82, 2.24) is 0 Å². The smallest absolute Gasteiger partial charge is 0.203 e. The molecule has 0 spiro atoms. The highest BCUT2D eigenvalue weighted by Gasteiger charge is 2.09. The Bertz CT molecular complexity index is 287. The van der Waals surface area contributed by atoms with E-state index in [9.17, 15) is 5.11 Å². The van der Waals surface area contributed by atoms with E-state index < -0.39 is 0 Å². The molecular formula is C10H16O3S. The number of aromatic hydroxyl groups is 1. The summed E-state index contributed by atoms with van der Waals surface area (Å²) in [5, 5.41) is 9.35. The molecule has 0 aliphatic rings. The standard InChI is InChI=1S/C8H10O3S.C2H6/c1-10-7-4-5(12)3-6(9)8(7)11-2;1-2/h3-4,9,12H,1-2H3;1-2H3. The van der Waals surface area contributed by atoms with Crippen LogP contribution in [0.25, 0.3) is 0 Å². The third-order valence-electron chi connectivity index (χ3n) is 1.44. The predicted molar refractivity (Wildman–Crippen MR) is 59.8 cm³/mol. The summed E-state index contributed by atoms with van der Waals surface area (Å²) < 4.78 is 9.88. The molecule has 0 atom stereocenters. The average Bonchev–Trinajstić information content (AvgIpc) is 2.19. The van der Waals surface area contributed by atoms with E-state index in [1.165, 1.54) is 20.3 Å². The van der Waals surface area contributed by atoms with E-state index in [0.717, 1.165) is 0 Å². The van der Waals surface area contributed by atoms with E-state index in [2.05, 4.69) is 12.6 Å². The maximum Gasteiger partial charge on any atom is 0.203 e. The maximum absolute atomic E-state index is 9.35. The molecule has 0 unspecified atom stereocenters. The van der Waals surface area contributed by atoms with Crippen LogP contribution in [-0.4, -0.2) is 19.3 Å². The summed E-state index contributed by atoms with van der Waals surface area (Å²) in [5.41, 5.74) is 0. The molecule has 0 fully saturated rings.